The van der Waals surface area contributed by atoms with Gasteiger partial charge in [-0.2, -0.15) is 0 Å². The summed E-state index contributed by atoms with van der Waals surface area (Å²) in [4.78, 5) is 34.7. The maximum Gasteiger partial charge on any atom is 0.339 e. The first-order valence-electron chi connectivity index (χ1n) is 9.53. The van der Waals surface area contributed by atoms with E-state index in [9.17, 15) is 9.59 Å². The lowest BCUT2D eigenvalue weighted by Gasteiger charge is -2.35. The Morgan fingerprint density at radius 1 is 1.17 bits per heavy atom. The zero-order valence-electron chi connectivity index (χ0n) is 16.7. The monoisotopic (exact) mass is 406 g/mol. The number of esters is 1. The van der Waals surface area contributed by atoms with E-state index in [1.54, 1.807) is 42.6 Å². The maximum absolute atomic E-state index is 13.3. The first-order valence-corrected chi connectivity index (χ1v) is 9.53. The lowest BCUT2D eigenvalue weighted by atomic mass is 9.96. The highest BCUT2D eigenvalue weighted by Gasteiger charge is 2.34. The molecule has 2 amide bonds. The number of nitrogens with one attached hydrogen (secondary N) is 2. The van der Waals surface area contributed by atoms with Crippen molar-refractivity contribution < 1.29 is 19.1 Å². The molecular formula is C22H22N4O4. The molecule has 0 saturated carbocycles. The van der Waals surface area contributed by atoms with Gasteiger partial charge in [0.2, 0.25) is 0 Å². The van der Waals surface area contributed by atoms with Crippen molar-refractivity contribution in [3.63, 3.8) is 0 Å². The molecule has 8 heteroatoms. The maximum atomic E-state index is 13.3. The number of nitrogens with zero attached hydrogens (tertiary/aromatic N) is 2. The number of hydrogen-bond acceptors (Lipinski definition) is 5. The van der Waals surface area contributed by atoms with Crippen LogP contribution in [0, 0.1) is 0 Å². The molecule has 0 bridgehead atoms. The van der Waals surface area contributed by atoms with Crippen molar-refractivity contribution in [1.82, 2.24) is 14.9 Å². The smallest absolute Gasteiger partial charge is 0.339 e. The highest BCUT2D eigenvalue weighted by Crippen LogP contribution is 2.35. The number of urea groups is 1. The van der Waals surface area contributed by atoms with Crippen LogP contribution in [0.1, 0.15) is 33.4 Å². The van der Waals surface area contributed by atoms with Crippen molar-refractivity contribution in [3.8, 4) is 5.75 Å². The van der Waals surface area contributed by atoms with Crippen molar-refractivity contribution in [2.75, 3.05) is 26.1 Å². The third-order valence-electron chi connectivity index (χ3n) is 5.17. The summed E-state index contributed by atoms with van der Waals surface area (Å²) in [6.45, 7) is 0.489. The van der Waals surface area contributed by atoms with Gasteiger partial charge in [-0.15, -0.1) is 0 Å². The van der Waals surface area contributed by atoms with Crippen LogP contribution >= 0.6 is 0 Å². The van der Waals surface area contributed by atoms with Gasteiger partial charge in [0.15, 0.2) is 0 Å². The summed E-state index contributed by atoms with van der Waals surface area (Å²) in [6, 6.07) is 13.6. The molecule has 0 spiro atoms. The standard InChI is InChI=1S/C22H22N4O4/c1-29-15-7-5-6-14(12-15)20-19-18(23-13-24-19)10-11-26(20)22(28)25-17-9-4-3-8-16(17)21(27)30-2/h3-9,12-13,20H,10-11H2,1-2H3,(H,23,24)(H,25,28). The quantitative estimate of drug-likeness (QED) is 0.648. The number of fused-ring (bicyclic) bond motifs is 1. The second-order valence-electron chi connectivity index (χ2n) is 6.86. The molecule has 0 radical (unpaired) electrons. The summed E-state index contributed by atoms with van der Waals surface area (Å²) in [5, 5.41) is 2.86. The van der Waals surface area contributed by atoms with Gasteiger partial charge in [0, 0.05) is 18.7 Å². The van der Waals surface area contributed by atoms with Crippen LogP contribution in [-0.4, -0.2) is 47.6 Å². The third-order valence-corrected chi connectivity index (χ3v) is 5.17. The fraction of sp³-hybridized carbons (Fsp3) is 0.227. The molecule has 4 rings (SSSR count). The molecule has 1 aliphatic heterocycles. The highest BCUT2D eigenvalue weighted by atomic mass is 16.5. The predicted octanol–water partition coefficient (Wildman–Crippen LogP) is 3.38. The number of aromatic amines is 1. The molecule has 1 unspecified atom stereocenters. The molecule has 1 atom stereocenters. The van der Waals surface area contributed by atoms with Crippen LogP contribution in [0.3, 0.4) is 0 Å². The minimum Gasteiger partial charge on any atom is -0.497 e. The summed E-state index contributed by atoms with van der Waals surface area (Å²) >= 11 is 0. The summed E-state index contributed by atoms with van der Waals surface area (Å²) < 4.78 is 10.2. The number of anilines is 1. The average Bonchev–Trinajstić information content (AvgIpc) is 3.27. The number of hydrogen-bond donors (Lipinski definition) is 2. The van der Waals surface area contributed by atoms with Gasteiger partial charge in [0.05, 0.1) is 37.5 Å². The molecular weight excluding hydrogens is 384 g/mol. The molecule has 1 aliphatic rings. The Hall–Kier alpha value is -3.81. The van der Waals surface area contributed by atoms with Crippen LogP contribution in [0.4, 0.5) is 10.5 Å². The van der Waals surface area contributed by atoms with Crippen molar-refractivity contribution in [2.45, 2.75) is 12.5 Å². The van der Waals surface area contributed by atoms with Gasteiger partial charge < -0.3 is 24.7 Å². The Balaban J connectivity index is 1.69. The Bertz CT molecular complexity index is 1080. The van der Waals surface area contributed by atoms with E-state index in [0.717, 1.165) is 17.0 Å². The van der Waals surface area contributed by atoms with Gasteiger partial charge in [0.25, 0.3) is 0 Å². The number of H-pyrrole nitrogens is 1. The van der Waals surface area contributed by atoms with Gasteiger partial charge in [-0.25, -0.2) is 14.6 Å². The lowest BCUT2D eigenvalue weighted by molar-refractivity contribution is 0.0602. The van der Waals surface area contributed by atoms with E-state index in [2.05, 4.69) is 15.3 Å². The zero-order chi connectivity index (χ0) is 21.1. The Kier molecular flexibility index (Phi) is 5.38. The number of aromatic nitrogens is 2. The van der Waals surface area contributed by atoms with E-state index in [1.165, 1.54) is 7.11 Å². The molecule has 0 saturated heterocycles. The number of methoxy groups -OCH3 is 2. The first kappa shape index (κ1) is 19.5. The molecule has 1 aromatic heterocycles. The Morgan fingerprint density at radius 3 is 2.80 bits per heavy atom. The summed E-state index contributed by atoms with van der Waals surface area (Å²) in [5.41, 5.74) is 3.38. The number of benzene rings is 2. The molecule has 2 aromatic carbocycles. The number of imidazole rings is 1. The normalized spacial score (nSPS) is 15.3. The fourth-order valence-electron chi connectivity index (χ4n) is 3.71. The Morgan fingerprint density at radius 2 is 2.00 bits per heavy atom. The van der Waals surface area contributed by atoms with Gasteiger partial charge in [-0.05, 0) is 29.8 Å². The van der Waals surface area contributed by atoms with Crippen molar-refractivity contribution in [1.29, 1.82) is 0 Å². The predicted molar refractivity (Wildman–Crippen MR) is 111 cm³/mol. The van der Waals surface area contributed by atoms with E-state index >= 15 is 0 Å². The molecule has 2 N–H and O–H groups in total. The van der Waals surface area contributed by atoms with Crippen LogP contribution < -0.4 is 10.1 Å². The van der Waals surface area contributed by atoms with Gasteiger partial charge in [-0.3, -0.25) is 0 Å². The second kappa shape index (κ2) is 8.28. The average molecular weight is 406 g/mol. The van der Waals surface area contributed by atoms with Crippen molar-refractivity contribution in [2.24, 2.45) is 0 Å². The highest BCUT2D eigenvalue weighted by molar-refractivity contribution is 6.01. The van der Waals surface area contributed by atoms with E-state index in [0.29, 0.717) is 30.0 Å². The minimum atomic E-state index is -0.511. The van der Waals surface area contributed by atoms with Gasteiger partial charge in [0.1, 0.15) is 11.8 Å². The minimum absolute atomic E-state index is 0.295. The number of rotatable bonds is 4. The number of carbonyl (C=O) groups excluding carboxylic acids is 2. The van der Waals surface area contributed by atoms with E-state index < -0.39 is 5.97 Å². The SMILES string of the molecule is COC(=O)c1ccccc1NC(=O)N1CCc2[nH]cnc2C1c1cccc(OC)c1. The number of amides is 2. The largest absolute Gasteiger partial charge is 0.497 e. The molecule has 2 heterocycles. The third kappa shape index (κ3) is 3.59. The van der Waals surface area contributed by atoms with Crippen LogP contribution in [0.15, 0.2) is 54.9 Å². The van der Waals surface area contributed by atoms with E-state index in [4.69, 9.17) is 9.47 Å². The fourth-order valence-corrected chi connectivity index (χ4v) is 3.71. The van der Waals surface area contributed by atoms with Crippen LogP contribution in [0.2, 0.25) is 0 Å². The molecule has 0 aliphatic carbocycles. The van der Waals surface area contributed by atoms with Crippen LogP contribution in [-0.2, 0) is 11.2 Å². The molecule has 30 heavy (non-hydrogen) atoms. The zero-order valence-corrected chi connectivity index (χ0v) is 16.7. The topological polar surface area (TPSA) is 96.6 Å². The number of para-hydroxylation sites is 1. The first-order chi connectivity index (χ1) is 14.6. The number of ether oxygens (including phenoxy) is 2. The van der Waals surface area contributed by atoms with Gasteiger partial charge in [-0.1, -0.05) is 24.3 Å². The van der Waals surface area contributed by atoms with Gasteiger partial charge >= 0.3 is 12.0 Å². The van der Waals surface area contributed by atoms with E-state index in [-0.39, 0.29) is 12.1 Å². The molecule has 3 aromatic rings. The molecule has 154 valence electrons. The second-order valence-corrected chi connectivity index (χ2v) is 6.86. The summed E-state index contributed by atoms with van der Waals surface area (Å²) in [7, 11) is 2.91. The van der Waals surface area contributed by atoms with E-state index in [1.807, 2.05) is 24.3 Å². The Labute approximate surface area is 173 Å². The van der Waals surface area contributed by atoms with Crippen LogP contribution in [0.5, 0.6) is 5.75 Å². The number of carbonyl (C=O) groups is 2. The van der Waals surface area contributed by atoms with Crippen LogP contribution in [0.25, 0.3) is 0 Å². The molecule has 0 fully saturated rings. The summed E-state index contributed by atoms with van der Waals surface area (Å²) in [5.74, 6) is 0.190. The van der Waals surface area contributed by atoms with Crippen molar-refractivity contribution >= 4 is 17.7 Å². The van der Waals surface area contributed by atoms with Crippen molar-refractivity contribution in [3.05, 3.63) is 77.4 Å². The molecule has 8 nitrogen and oxygen atoms in total. The summed E-state index contributed by atoms with van der Waals surface area (Å²) in [6.07, 6.45) is 2.30. The lowest BCUT2D eigenvalue weighted by Crippen LogP contribution is -2.43.